The van der Waals surface area contributed by atoms with Gasteiger partial charge in [0.05, 0.1) is 0 Å². The topological polar surface area (TPSA) is 12.0 Å². The van der Waals surface area contributed by atoms with Crippen molar-refractivity contribution in [1.29, 1.82) is 0 Å². The fourth-order valence-electron chi connectivity index (χ4n) is 3.47. The highest BCUT2D eigenvalue weighted by Gasteiger charge is 2.40. The van der Waals surface area contributed by atoms with E-state index in [-0.39, 0.29) is 0 Å². The first-order valence-corrected chi connectivity index (χ1v) is 6.58. The highest BCUT2D eigenvalue weighted by Crippen LogP contribution is 2.44. The number of nitrogens with one attached hydrogen (secondary N) is 1. The zero-order valence-corrected chi connectivity index (χ0v) is 10.00. The zero-order valence-electron chi connectivity index (χ0n) is 10.00. The second kappa shape index (κ2) is 3.35. The van der Waals surface area contributed by atoms with E-state index >= 15 is 0 Å². The highest BCUT2D eigenvalue weighted by atomic mass is 15.0. The predicted octanol–water partition coefficient (Wildman–Crippen LogP) is 2.98. The average Bonchev–Trinajstić information content (AvgIpc) is 2.88. The molecule has 0 aromatic heterocycles. The van der Waals surface area contributed by atoms with E-state index in [1.54, 1.807) is 0 Å². The van der Waals surface area contributed by atoms with Gasteiger partial charge in [-0.1, -0.05) is 12.2 Å². The zero-order chi connectivity index (χ0) is 10.5. The van der Waals surface area contributed by atoms with Crippen LogP contribution in [-0.4, -0.2) is 12.1 Å². The molecule has 1 heteroatoms. The van der Waals surface area contributed by atoms with Crippen molar-refractivity contribution in [2.24, 2.45) is 23.7 Å². The van der Waals surface area contributed by atoms with Crippen LogP contribution in [-0.2, 0) is 0 Å². The minimum absolute atomic E-state index is 0.394. The van der Waals surface area contributed by atoms with Gasteiger partial charge < -0.3 is 5.32 Å². The van der Waals surface area contributed by atoms with Crippen LogP contribution in [0.4, 0.5) is 0 Å². The molecule has 3 aliphatic rings. The van der Waals surface area contributed by atoms with Gasteiger partial charge in [0.2, 0.25) is 0 Å². The van der Waals surface area contributed by atoms with E-state index in [4.69, 9.17) is 0 Å². The summed E-state index contributed by atoms with van der Waals surface area (Å²) in [6.45, 7) is 6.01. The molecule has 0 amide bonds. The van der Waals surface area contributed by atoms with Crippen LogP contribution in [0.25, 0.3) is 0 Å². The number of hydrogen-bond acceptors (Lipinski definition) is 1. The maximum absolute atomic E-state index is 3.81. The predicted molar refractivity (Wildman–Crippen MR) is 63.6 cm³/mol. The van der Waals surface area contributed by atoms with Gasteiger partial charge in [-0.15, -0.1) is 0 Å². The van der Waals surface area contributed by atoms with Crippen molar-refractivity contribution < 1.29 is 0 Å². The summed E-state index contributed by atoms with van der Waals surface area (Å²) in [5.74, 6) is 3.70. The summed E-state index contributed by atoms with van der Waals surface area (Å²) in [6, 6.07) is 0. The van der Waals surface area contributed by atoms with Crippen LogP contribution in [0, 0.1) is 23.7 Å². The molecule has 0 heterocycles. The lowest BCUT2D eigenvalue weighted by molar-refractivity contribution is 0.295. The number of hydrogen-bond donors (Lipinski definition) is 1. The van der Waals surface area contributed by atoms with E-state index in [9.17, 15) is 0 Å². The fraction of sp³-hybridized carbons (Fsp3) is 0.857. The van der Waals surface area contributed by atoms with Crippen LogP contribution in [0.5, 0.6) is 0 Å². The Bertz CT molecular complexity index is 275. The molecular formula is C14H23N. The Hall–Kier alpha value is -0.300. The molecule has 84 valence electrons. The average molecular weight is 205 g/mol. The second-order valence-corrected chi connectivity index (χ2v) is 6.42. The molecule has 2 fully saturated rings. The van der Waals surface area contributed by atoms with Crippen LogP contribution >= 0.6 is 0 Å². The second-order valence-electron chi connectivity index (χ2n) is 6.42. The highest BCUT2D eigenvalue weighted by molar-refractivity contribution is 5.10. The molecule has 3 atom stereocenters. The summed E-state index contributed by atoms with van der Waals surface area (Å²) < 4.78 is 0. The van der Waals surface area contributed by atoms with Gasteiger partial charge >= 0.3 is 0 Å². The Kier molecular flexibility index (Phi) is 2.21. The SMILES string of the molecule is CC(C)(NCC1CC2C=CC1C2)C1CC1. The van der Waals surface area contributed by atoms with Crippen molar-refractivity contribution in [3.63, 3.8) is 0 Å². The van der Waals surface area contributed by atoms with E-state index in [1.165, 1.54) is 32.2 Å². The minimum atomic E-state index is 0.394. The number of fused-ring (bicyclic) bond motifs is 2. The van der Waals surface area contributed by atoms with Gasteiger partial charge in [0, 0.05) is 5.54 Å². The van der Waals surface area contributed by atoms with Crippen LogP contribution in [0.1, 0.15) is 39.5 Å². The molecule has 0 aromatic rings. The van der Waals surface area contributed by atoms with Gasteiger partial charge in [0.25, 0.3) is 0 Å². The Balaban J connectivity index is 1.52. The smallest absolute Gasteiger partial charge is 0.0153 e. The van der Waals surface area contributed by atoms with Gasteiger partial charge in [0.15, 0.2) is 0 Å². The maximum Gasteiger partial charge on any atom is 0.0153 e. The summed E-state index contributed by atoms with van der Waals surface area (Å²) >= 11 is 0. The van der Waals surface area contributed by atoms with Gasteiger partial charge in [-0.25, -0.2) is 0 Å². The minimum Gasteiger partial charge on any atom is -0.311 e. The van der Waals surface area contributed by atoms with Crippen molar-refractivity contribution in [2.75, 3.05) is 6.54 Å². The molecule has 2 saturated carbocycles. The molecule has 0 aliphatic heterocycles. The third kappa shape index (κ3) is 1.87. The Labute approximate surface area is 93.3 Å². The number of rotatable bonds is 4. The van der Waals surface area contributed by atoms with Gasteiger partial charge in [-0.2, -0.15) is 0 Å². The van der Waals surface area contributed by atoms with Crippen molar-refractivity contribution >= 4 is 0 Å². The molecule has 0 aromatic carbocycles. The third-order valence-corrected chi connectivity index (χ3v) is 4.83. The molecule has 15 heavy (non-hydrogen) atoms. The molecule has 2 bridgehead atoms. The van der Waals surface area contributed by atoms with E-state index < -0.39 is 0 Å². The molecular weight excluding hydrogens is 182 g/mol. The lowest BCUT2D eigenvalue weighted by Gasteiger charge is -2.29. The van der Waals surface area contributed by atoms with Crippen molar-refractivity contribution in [3.05, 3.63) is 12.2 Å². The maximum atomic E-state index is 3.81. The standard InChI is InChI=1S/C14H23N/c1-14(2,13-5-6-13)15-9-12-8-10-3-4-11(12)7-10/h3-4,10-13,15H,5-9H2,1-2H3. The quantitative estimate of drug-likeness (QED) is 0.696. The molecule has 3 unspecified atom stereocenters. The molecule has 0 radical (unpaired) electrons. The lowest BCUT2D eigenvalue weighted by atomic mass is 9.91. The molecule has 0 spiro atoms. The summed E-state index contributed by atoms with van der Waals surface area (Å²) in [4.78, 5) is 0. The Morgan fingerprint density at radius 3 is 2.53 bits per heavy atom. The molecule has 1 nitrogen and oxygen atoms in total. The first kappa shape index (κ1) is 9.89. The van der Waals surface area contributed by atoms with Crippen LogP contribution in [0.15, 0.2) is 12.2 Å². The monoisotopic (exact) mass is 205 g/mol. The van der Waals surface area contributed by atoms with Crippen LogP contribution in [0.3, 0.4) is 0 Å². The summed E-state index contributed by atoms with van der Waals surface area (Å²) in [5.41, 5.74) is 0.394. The molecule has 3 aliphatic carbocycles. The van der Waals surface area contributed by atoms with Gasteiger partial charge in [-0.05, 0) is 69.7 Å². The van der Waals surface area contributed by atoms with E-state index in [0.717, 1.165) is 23.7 Å². The van der Waals surface area contributed by atoms with E-state index in [1.807, 2.05) is 0 Å². The van der Waals surface area contributed by atoms with Gasteiger partial charge in [0.1, 0.15) is 0 Å². The van der Waals surface area contributed by atoms with E-state index in [0.29, 0.717) is 5.54 Å². The largest absolute Gasteiger partial charge is 0.311 e. The van der Waals surface area contributed by atoms with Crippen LogP contribution in [0.2, 0.25) is 0 Å². The normalized spacial score (nSPS) is 38.9. The van der Waals surface area contributed by atoms with E-state index in [2.05, 4.69) is 31.3 Å². The molecule has 3 rings (SSSR count). The van der Waals surface area contributed by atoms with Crippen LogP contribution < -0.4 is 5.32 Å². The first-order chi connectivity index (χ1) is 7.15. The number of allylic oxidation sites excluding steroid dienone is 2. The molecule has 0 saturated heterocycles. The third-order valence-electron chi connectivity index (χ3n) is 4.83. The first-order valence-electron chi connectivity index (χ1n) is 6.58. The van der Waals surface area contributed by atoms with Gasteiger partial charge in [-0.3, -0.25) is 0 Å². The van der Waals surface area contributed by atoms with Crippen molar-refractivity contribution in [1.82, 2.24) is 5.32 Å². The Morgan fingerprint density at radius 1 is 1.20 bits per heavy atom. The fourth-order valence-corrected chi connectivity index (χ4v) is 3.47. The summed E-state index contributed by atoms with van der Waals surface area (Å²) in [7, 11) is 0. The summed E-state index contributed by atoms with van der Waals surface area (Å²) in [5, 5.41) is 3.81. The Morgan fingerprint density at radius 2 is 2.00 bits per heavy atom. The van der Waals surface area contributed by atoms with Crippen molar-refractivity contribution in [3.8, 4) is 0 Å². The molecule has 1 N–H and O–H groups in total. The van der Waals surface area contributed by atoms with Crippen molar-refractivity contribution in [2.45, 2.75) is 45.1 Å². The lowest BCUT2D eigenvalue weighted by Crippen LogP contribution is -2.44. The summed E-state index contributed by atoms with van der Waals surface area (Å²) in [6.07, 6.45) is 10.7.